The van der Waals surface area contributed by atoms with E-state index in [1.165, 1.54) is 0 Å². The van der Waals surface area contributed by atoms with E-state index >= 15 is 0 Å². The van der Waals surface area contributed by atoms with Gasteiger partial charge in [-0.3, -0.25) is 24.5 Å². The number of ether oxygens (including phenoxy) is 3. The van der Waals surface area contributed by atoms with Crippen LogP contribution in [0.4, 0.5) is 0 Å². The molecule has 2 amide bonds. The number of rotatable bonds is 7. The van der Waals surface area contributed by atoms with E-state index < -0.39 is 24.4 Å². The molecule has 2 aromatic rings. The molecule has 1 N–H and O–H groups in total. The van der Waals surface area contributed by atoms with Gasteiger partial charge in [0.2, 0.25) is 0 Å². The molecular formula is C21H19NO7. The number of esters is 1. The van der Waals surface area contributed by atoms with E-state index in [2.05, 4.69) is 5.32 Å². The number of carbonyl (C=O) groups excluding carboxylic acids is 4. The summed E-state index contributed by atoms with van der Waals surface area (Å²) in [4.78, 5) is 47.6. The first kappa shape index (κ1) is 20.1. The number of carbonyl (C=O) groups is 4. The van der Waals surface area contributed by atoms with Crippen molar-refractivity contribution in [2.75, 3.05) is 19.8 Å². The van der Waals surface area contributed by atoms with Gasteiger partial charge in [-0.2, -0.15) is 0 Å². The molecule has 0 atom stereocenters. The van der Waals surface area contributed by atoms with Gasteiger partial charge in [0.05, 0.1) is 6.42 Å². The van der Waals surface area contributed by atoms with Crippen LogP contribution in [0.15, 0.2) is 48.5 Å². The molecule has 0 unspecified atom stereocenters. The number of ketones is 1. The summed E-state index contributed by atoms with van der Waals surface area (Å²) >= 11 is 0. The lowest BCUT2D eigenvalue weighted by atomic mass is 10.1. The molecule has 1 aliphatic heterocycles. The molecule has 0 saturated heterocycles. The highest BCUT2D eigenvalue weighted by atomic mass is 16.6. The van der Waals surface area contributed by atoms with E-state index in [0.29, 0.717) is 35.8 Å². The molecule has 150 valence electrons. The number of Topliss-reactive ketones (excluding diaryl/α,β-unsaturated/α-hetero) is 1. The predicted molar refractivity (Wildman–Crippen MR) is 101 cm³/mol. The lowest BCUT2D eigenvalue weighted by Crippen LogP contribution is -2.34. The molecule has 3 rings (SSSR count). The van der Waals surface area contributed by atoms with Crippen LogP contribution in [0.25, 0.3) is 0 Å². The number of hydrogen-bond acceptors (Lipinski definition) is 7. The third-order valence-corrected chi connectivity index (χ3v) is 4.07. The van der Waals surface area contributed by atoms with Crippen molar-refractivity contribution in [3.05, 3.63) is 59.7 Å². The van der Waals surface area contributed by atoms with Gasteiger partial charge < -0.3 is 14.2 Å². The van der Waals surface area contributed by atoms with Crippen molar-refractivity contribution in [3.63, 3.8) is 0 Å². The zero-order valence-corrected chi connectivity index (χ0v) is 15.5. The maximum atomic E-state index is 12.2. The third kappa shape index (κ3) is 5.65. The summed E-state index contributed by atoms with van der Waals surface area (Å²) in [6.45, 7) is 0.262. The van der Waals surface area contributed by atoms with E-state index in [0.717, 1.165) is 0 Å². The SMILES string of the molecule is O=C(COC(=O)CCC(=O)c1ccc2c(c1)OCCO2)NC(=O)c1ccccc1. The van der Waals surface area contributed by atoms with Gasteiger partial charge in [-0.15, -0.1) is 0 Å². The molecule has 0 spiro atoms. The Hall–Kier alpha value is -3.68. The average molecular weight is 397 g/mol. The quantitative estimate of drug-likeness (QED) is 0.562. The Morgan fingerprint density at radius 1 is 0.862 bits per heavy atom. The Labute approximate surface area is 166 Å². The molecule has 8 heteroatoms. The molecule has 0 bridgehead atoms. The molecule has 0 radical (unpaired) electrons. The van der Waals surface area contributed by atoms with Gasteiger partial charge in [0, 0.05) is 17.5 Å². The van der Waals surface area contributed by atoms with Crippen molar-refractivity contribution in [2.45, 2.75) is 12.8 Å². The Morgan fingerprint density at radius 3 is 2.34 bits per heavy atom. The Balaban J connectivity index is 1.41. The first-order chi connectivity index (χ1) is 14.0. The zero-order chi connectivity index (χ0) is 20.6. The predicted octanol–water partition coefficient (Wildman–Crippen LogP) is 1.92. The smallest absolute Gasteiger partial charge is 0.306 e. The Bertz CT molecular complexity index is 924. The lowest BCUT2D eigenvalue weighted by Gasteiger charge is -2.18. The zero-order valence-electron chi connectivity index (χ0n) is 15.5. The fourth-order valence-corrected chi connectivity index (χ4v) is 2.62. The highest BCUT2D eigenvalue weighted by Gasteiger charge is 2.17. The molecule has 8 nitrogen and oxygen atoms in total. The molecule has 0 fully saturated rings. The normalized spacial score (nSPS) is 12.0. The summed E-state index contributed by atoms with van der Waals surface area (Å²) in [5.41, 5.74) is 0.713. The van der Waals surface area contributed by atoms with Gasteiger partial charge in [-0.05, 0) is 30.3 Å². The average Bonchev–Trinajstić information content (AvgIpc) is 2.76. The second-order valence-electron chi connectivity index (χ2n) is 6.19. The third-order valence-electron chi connectivity index (χ3n) is 4.07. The number of amides is 2. The van der Waals surface area contributed by atoms with Crippen LogP contribution in [0, 0.1) is 0 Å². The van der Waals surface area contributed by atoms with E-state index in [1.54, 1.807) is 48.5 Å². The first-order valence-corrected chi connectivity index (χ1v) is 9.00. The molecule has 0 aromatic heterocycles. The number of hydrogen-bond donors (Lipinski definition) is 1. The maximum Gasteiger partial charge on any atom is 0.306 e. The number of fused-ring (bicyclic) bond motifs is 1. The highest BCUT2D eigenvalue weighted by molar-refractivity contribution is 6.05. The van der Waals surface area contributed by atoms with Crippen LogP contribution in [0.5, 0.6) is 11.5 Å². The van der Waals surface area contributed by atoms with Crippen LogP contribution >= 0.6 is 0 Å². The van der Waals surface area contributed by atoms with Gasteiger partial charge in [0.1, 0.15) is 13.2 Å². The number of nitrogens with one attached hydrogen (secondary N) is 1. The minimum atomic E-state index is -0.745. The van der Waals surface area contributed by atoms with Crippen LogP contribution in [-0.4, -0.2) is 43.4 Å². The minimum Gasteiger partial charge on any atom is -0.486 e. The number of benzene rings is 2. The topological polar surface area (TPSA) is 108 Å². The maximum absolute atomic E-state index is 12.2. The van der Waals surface area contributed by atoms with Gasteiger partial charge >= 0.3 is 5.97 Å². The summed E-state index contributed by atoms with van der Waals surface area (Å²) in [6.07, 6.45) is -0.268. The minimum absolute atomic E-state index is 0.0803. The van der Waals surface area contributed by atoms with Gasteiger partial charge in [0.15, 0.2) is 23.9 Å². The number of imide groups is 1. The largest absolute Gasteiger partial charge is 0.486 e. The monoisotopic (exact) mass is 397 g/mol. The summed E-state index contributed by atoms with van der Waals surface area (Å²) in [7, 11) is 0. The molecular weight excluding hydrogens is 378 g/mol. The van der Waals surface area contributed by atoms with Crippen molar-refractivity contribution in [3.8, 4) is 11.5 Å². The fraction of sp³-hybridized carbons (Fsp3) is 0.238. The summed E-state index contributed by atoms with van der Waals surface area (Å²) in [5.74, 6) is -1.24. The fourth-order valence-electron chi connectivity index (χ4n) is 2.62. The molecule has 2 aromatic carbocycles. The summed E-state index contributed by atoms with van der Waals surface area (Å²) in [6, 6.07) is 13.0. The molecule has 1 heterocycles. The Morgan fingerprint density at radius 2 is 1.59 bits per heavy atom. The second-order valence-corrected chi connectivity index (χ2v) is 6.19. The lowest BCUT2D eigenvalue weighted by molar-refractivity contribution is -0.148. The van der Waals surface area contributed by atoms with Crippen LogP contribution in [0.1, 0.15) is 33.6 Å². The standard InChI is InChI=1S/C21H19NO7/c23-16(15-6-8-17-18(12-15)28-11-10-27-17)7-9-20(25)29-13-19(24)22-21(26)14-4-2-1-3-5-14/h1-6,8,12H,7,9-11,13H2,(H,22,24,26). The van der Waals surface area contributed by atoms with Crippen LogP contribution in [-0.2, 0) is 14.3 Å². The van der Waals surface area contributed by atoms with Crippen LogP contribution in [0.2, 0.25) is 0 Å². The first-order valence-electron chi connectivity index (χ1n) is 9.00. The van der Waals surface area contributed by atoms with Crippen molar-refractivity contribution in [1.29, 1.82) is 0 Å². The van der Waals surface area contributed by atoms with Crippen LogP contribution < -0.4 is 14.8 Å². The van der Waals surface area contributed by atoms with Crippen molar-refractivity contribution >= 4 is 23.6 Å². The van der Waals surface area contributed by atoms with Crippen molar-refractivity contribution < 1.29 is 33.4 Å². The van der Waals surface area contributed by atoms with Crippen molar-refractivity contribution in [2.24, 2.45) is 0 Å². The van der Waals surface area contributed by atoms with E-state index in [1.807, 2.05) is 0 Å². The van der Waals surface area contributed by atoms with Crippen molar-refractivity contribution in [1.82, 2.24) is 5.32 Å². The van der Waals surface area contributed by atoms with E-state index in [-0.39, 0.29) is 18.6 Å². The molecule has 1 aliphatic rings. The molecule has 0 saturated carbocycles. The van der Waals surface area contributed by atoms with Gasteiger partial charge in [0.25, 0.3) is 11.8 Å². The summed E-state index contributed by atoms with van der Waals surface area (Å²) in [5, 5.41) is 2.12. The molecule has 0 aliphatic carbocycles. The summed E-state index contributed by atoms with van der Waals surface area (Å²) < 4.78 is 15.6. The Kier molecular flexibility index (Phi) is 6.57. The second kappa shape index (κ2) is 9.50. The van der Waals surface area contributed by atoms with Gasteiger partial charge in [-0.1, -0.05) is 18.2 Å². The highest BCUT2D eigenvalue weighted by Crippen LogP contribution is 2.31. The molecule has 29 heavy (non-hydrogen) atoms. The van der Waals surface area contributed by atoms with E-state index in [4.69, 9.17) is 14.2 Å². The van der Waals surface area contributed by atoms with Gasteiger partial charge in [-0.25, -0.2) is 0 Å². The van der Waals surface area contributed by atoms with E-state index in [9.17, 15) is 19.2 Å². The van der Waals surface area contributed by atoms with Crippen LogP contribution in [0.3, 0.4) is 0 Å².